The zero-order valence-corrected chi connectivity index (χ0v) is 12.1. The topological polar surface area (TPSA) is 64.4 Å². The fourth-order valence-electron chi connectivity index (χ4n) is 2.45. The van der Waals surface area contributed by atoms with Crippen LogP contribution in [0.5, 0.6) is 0 Å². The van der Waals surface area contributed by atoms with Crippen LogP contribution in [0.3, 0.4) is 0 Å². The zero-order valence-electron chi connectivity index (χ0n) is 12.1. The van der Waals surface area contributed by atoms with E-state index in [0.717, 1.165) is 12.8 Å². The molecule has 6 heteroatoms. The van der Waals surface area contributed by atoms with E-state index in [9.17, 15) is 9.59 Å². The number of terminal acetylenes is 1. The van der Waals surface area contributed by atoms with E-state index in [1.165, 1.54) is 23.9 Å². The highest BCUT2D eigenvalue weighted by atomic mass is 16.5. The Bertz CT molecular complexity index is 603. The van der Waals surface area contributed by atoms with Crippen LogP contribution in [-0.4, -0.2) is 46.9 Å². The van der Waals surface area contributed by atoms with Crippen molar-refractivity contribution in [1.29, 1.82) is 0 Å². The molecule has 1 amide bonds. The quantitative estimate of drug-likeness (QED) is 0.590. The third-order valence-electron chi connectivity index (χ3n) is 3.52. The van der Waals surface area contributed by atoms with Gasteiger partial charge in [0.15, 0.2) is 0 Å². The smallest absolute Gasteiger partial charge is 0.274 e. The number of hydrogen-bond acceptors (Lipinski definition) is 4. The second-order valence-corrected chi connectivity index (χ2v) is 5.16. The first-order valence-corrected chi connectivity index (χ1v) is 6.96. The van der Waals surface area contributed by atoms with Gasteiger partial charge in [0.05, 0.1) is 6.61 Å². The van der Waals surface area contributed by atoms with Crippen LogP contribution in [0.25, 0.3) is 0 Å². The van der Waals surface area contributed by atoms with Crippen molar-refractivity contribution in [1.82, 2.24) is 14.7 Å². The molecule has 0 aromatic carbocycles. The maximum atomic E-state index is 12.4. The third kappa shape index (κ3) is 3.92. The van der Waals surface area contributed by atoms with Crippen molar-refractivity contribution in [3.05, 3.63) is 28.2 Å². The maximum absolute atomic E-state index is 12.4. The van der Waals surface area contributed by atoms with Gasteiger partial charge in [-0.2, -0.15) is 5.10 Å². The van der Waals surface area contributed by atoms with Crippen molar-refractivity contribution in [2.75, 3.05) is 26.3 Å². The fraction of sp³-hybridized carbons (Fsp3) is 0.533. The van der Waals surface area contributed by atoms with Crippen LogP contribution in [0, 0.1) is 18.3 Å². The number of piperidine rings is 1. The minimum Gasteiger partial charge on any atom is -0.368 e. The summed E-state index contributed by atoms with van der Waals surface area (Å²) in [6, 6.07) is 2.83. The van der Waals surface area contributed by atoms with Gasteiger partial charge in [-0.05, 0) is 18.9 Å². The third-order valence-corrected chi connectivity index (χ3v) is 3.52. The Kier molecular flexibility index (Phi) is 5.12. The van der Waals surface area contributed by atoms with Gasteiger partial charge in [0.2, 0.25) is 0 Å². The average Bonchev–Trinajstić information content (AvgIpc) is 2.50. The summed E-state index contributed by atoms with van der Waals surface area (Å²) in [6.45, 7) is 2.20. The summed E-state index contributed by atoms with van der Waals surface area (Å²) < 4.78 is 6.53. The largest absolute Gasteiger partial charge is 0.368 e. The molecule has 1 aromatic heterocycles. The van der Waals surface area contributed by atoms with Crippen molar-refractivity contribution in [3.8, 4) is 12.3 Å². The van der Waals surface area contributed by atoms with E-state index in [1.54, 1.807) is 4.90 Å². The van der Waals surface area contributed by atoms with Gasteiger partial charge in [0.25, 0.3) is 11.5 Å². The SMILES string of the molecule is C#CCOCC1CCCN(C(=O)c2ccc(=O)n(C)n2)C1. The van der Waals surface area contributed by atoms with Crippen LogP contribution in [0.15, 0.2) is 16.9 Å². The van der Waals surface area contributed by atoms with Gasteiger partial charge < -0.3 is 9.64 Å². The lowest BCUT2D eigenvalue weighted by atomic mass is 9.98. The molecular weight excluding hydrogens is 270 g/mol. The van der Waals surface area contributed by atoms with Gasteiger partial charge in [-0.15, -0.1) is 6.42 Å². The minimum absolute atomic E-state index is 0.146. The maximum Gasteiger partial charge on any atom is 0.274 e. The molecule has 112 valence electrons. The number of hydrogen-bond donors (Lipinski definition) is 0. The molecule has 21 heavy (non-hydrogen) atoms. The number of aryl methyl sites for hydroxylation is 1. The Morgan fingerprint density at radius 2 is 2.38 bits per heavy atom. The first-order valence-electron chi connectivity index (χ1n) is 6.96. The Labute approximate surface area is 123 Å². The highest BCUT2D eigenvalue weighted by molar-refractivity contribution is 5.92. The minimum atomic E-state index is -0.231. The van der Waals surface area contributed by atoms with Crippen LogP contribution in [0.1, 0.15) is 23.3 Å². The molecule has 0 aliphatic carbocycles. The molecule has 0 radical (unpaired) electrons. The molecular formula is C15H19N3O3. The van der Waals surface area contributed by atoms with Gasteiger partial charge in [-0.1, -0.05) is 5.92 Å². The van der Waals surface area contributed by atoms with E-state index in [2.05, 4.69) is 11.0 Å². The predicted octanol–water partition coefficient (Wildman–Crippen LogP) is 0.282. The number of aromatic nitrogens is 2. The van der Waals surface area contributed by atoms with Gasteiger partial charge in [-0.25, -0.2) is 4.68 Å². The summed E-state index contributed by atoms with van der Waals surface area (Å²) >= 11 is 0. The van der Waals surface area contributed by atoms with Crippen LogP contribution in [0.4, 0.5) is 0 Å². The molecule has 1 aromatic rings. The molecule has 0 bridgehead atoms. The van der Waals surface area contributed by atoms with Crippen LogP contribution >= 0.6 is 0 Å². The van der Waals surface area contributed by atoms with Crippen molar-refractivity contribution in [3.63, 3.8) is 0 Å². The molecule has 1 aliphatic heterocycles. The second kappa shape index (κ2) is 7.04. The first-order chi connectivity index (χ1) is 10.1. The van der Waals surface area contributed by atoms with E-state index < -0.39 is 0 Å². The van der Waals surface area contributed by atoms with Crippen LogP contribution in [0.2, 0.25) is 0 Å². The van der Waals surface area contributed by atoms with Crippen molar-refractivity contribution < 1.29 is 9.53 Å². The van der Waals surface area contributed by atoms with Gasteiger partial charge >= 0.3 is 0 Å². The van der Waals surface area contributed by atoms with Gasteiger partial charge in [0, 0.05) is 32.1 Å². The number of carbonyl (C=O) groups is 1. The number of carbonyl (C=O) groups excluding carboxylic acids is 1. The van der Waals surface area contributed by atoms with Crippen molar-refractivity contribution in [2.24, 2.45) is 13.0 Å². The molecule has 0 N–H and O–H groups in total. The summed E-state index contributed by atoms with van der Waals surface area (Å²) in [5.41, 5.74) is 0.0630. The van der Waals surface area contributed by atoms with Crippen molar-refractivity contribution >= 4 is 5.91 Å². The fourth-order valence-corrected chi connectivity index (χ4v) is 2.45. The Morgan fingerprint density at radius 1 is 1.57 bits per heavy atom. The Morgan fingerprint density at radius 3 is 3.10 bits per heavy atom. The molecule has 1 fully saturated rings. The number of ether oxygens (including phenoxy) is 1. The molecule has 1 atom stereocenters. The van der Waals surface area contributed by atoms with Crippen LogP contribution in [-0.2, 0) is 11.8 Å². The molecule has 0 spiro atoms. The number of amides is 1. The molecule has 1 saturated heterocycles. The van der Waals surface area contributed by atoms with Gasteiger partial charge in [0.1, 0.15) is 12.3 Å². The van der Waals surface area contributed by atoms with E-state index in [1.807, 2.05) is 0 Å². The summed E-state index contributed by atoms with van der Waals surface area (Å²) in [6.07, 6.45) is 7.10. The number of nitrogens with zero attached hydrogens (tertiary/aromatic N) is 3. The van der Waals surface area contributed by atoms with Gasteiger partial charge in [-0.3, -0.25) is 9.59 Å². The molecule has 2 heterocycles. The lowest BCUT2D eigenvalue weighted by Crippen LogP contribution is -2.42. The first kappa shape index (κ1) is 15.3. The van der Waals surface area contributed by atoms with E-state index >= 15 is 0 Å². The molecule has 6 nitrogen and oxygen atoms in total. The van der Waals surface area contributed by atoms with Crippen LogP contribution < -0.4 is 5.56 Å². The summed E-state index contributed by atoms with van der Waals surface area (Å²) in [7, 11) is 1.53. The predicted molar refractivity (Wildman–Crippen MR) is 77.8 cm³/mol. The zero-order chi connectivity index (χ0) is 15.2. The lowest BCUT2D eigenvalue weighted by molar-refractivity contribution is 0.0527. The standard InChI is InChI=1S/C15H19N3O3/c1-3-9-21-11-12-5-4-8-18(10-12)15(20)13-6-7-14(19)17(2)16-13/h1,6-7,12H,4-5,8-11H2,2H3. The summed E-state index contributed by atoms with van der Waals surface area (Å²) in [5.74, 6) is 2.58. The average molecular weight is 289 g/mol. The molecule has 1 aliphatic rings. The monoisotopic (exact) mass is 289 g/mol. The Hall–Kier alpha value is -2.13. The normalized spacial score (nSPS) is 18.3. The lowest BCUT2D eigenvalue weighted by Gasteiger charge is -2.32. The van der Waals surface area contributed by atoms with E-state index in [0.29, 0.717) is 37.9 Å². The second-order valence-electron chi connectivity index (χ2n) is 5.16. The highest BCUT2D eigenvalue weighted by Gasteiger charge is 2.25. The number of likely N-dealkylation sites (tertiary alicyclic amines) is 1. The van der Waals surface area contributed by atoms with Crippen molar-refractivity contribution in [2.45, 2.75) is 12.8 Å². The summed E-state index contributed by atoms with van der Waals surface area (Å²) in [4.78, 5) is 25.5. The highest BCUT2D eigenvalue weighted by Crippen LogP contribution is 2.18. The van der Waals surface area contributed by atoms with E-state index in [4.69, 9.17) is 11.2 Å². The molecule has 2 rings (SSSR count). The summed E-state index contributed by atoms with van der Waals surface area (Å²) in [5, 5.41) is 4.00. The number of rotatable bonds is 4. The Balaban J connectivity index is 2.00. The molecule has 1 unspecified atom stereocenters. The van der Waals surface area contributed by atoms with E-state index in [-0.39, 0.29) is 11.5 Å². The molecule has 0 saturated carbocycles.